The molecule has 1 aromatic carbocycles. The van der Waals surface area contributed by atoms with Crippen molar-refractivity contribution in [3.8, 4) is 0 Å². The predicted molar refractivity (Wildman–Crippen MR) is 88.8 cm³/mol. The molecule has 0 aliphatic rings. The summed E-state index contributed by atoms with van der Waals surface area (Å²) < 4.78 is 1.42. The molecule has 2 heterocycles. The minimum absolute atomic E-state index is 0.113. The van der Waals surface area contributed by atoms with E-state index in [0.717, 1.165) is 5.56 Å². The van der Waals surface area contributed by atoms with E-state index in [0.29, 0.717) is 17.9 Å². The molecule has 2 amide bonds. The second kappa shape index (κ2) is 6.24. The van der Waals surface area contributed by atoms with Crippen LogP contribution in [0.25, 0.3) is 5.65 Å². The summed E-state index contributed by atoms with van der Waals surface area (Å²) in [6.07, 6.45) is 1.59. The number of anilines is 2. The molecule has 0 unspecified atom stereocenters. The number of aromatic nitrogens is 2. The smallest absolute Gasteiger partial charge is 0.359 e. The van der Waals surface area contributed by atoms with Gasteiger partial charge in [0.25, 0.3) is 0 Å². The Morgan fingerprint density at radius 1 is 1.25 bits per heavy atom. The Morgan fingerprint density at radius 3 is 2.67 bits per heavy atom. The first kappa shape index (κ1) is 15.3. The molecule has 0 aliphatic carbocycles. The molecule has 9 nitrogen and oxygen atoms in total. The Kier molecular flexibility index (Phi) is 3.98. The van der Waals surface area contributed by atoms with Gasteiger partial charge < -0.3 is 26.5 Å². The Morgan fingerprint density at radius 2 is 2.00 bits per heavy atom. The van der Waals surface area contributed by atoms with E-state index in [1.807, 2.05) is 0 Å². The number of urea groups is 1. The summed E-state index contributed by atoms with van der Waals surface area (Å²) in [7, 11) is 0. The molecule has 0 fully saturated rings. The first-order chi connectivity index (χ1) is 11.5. The molecule has 0 saturated carbocycles. The van der Waals surface area contributed by atoms with Crippen molar-refractivity contribution in [1.29, 1.82) is 0 Å². The number of hydrogen-bond acceptors (Lipinski definition) is 5. The van der Waals surface area contributed by atoms with Crippen LogP contribution in [0.3, 0.4) is 0 Å². The van der Waals surface area contributed by atoms with Crippen molar-refractivity contribution >= 4 is 29.0 Å². The minimum Gasteiger partial charge on any atom is -0.359 e. The van der Waals surface area contributed by atoms with E-state index in [-0.39, 0.29) is 11.6 Å². The summed E-state index contributed by atoms with van der Waals surface area (Å²) >= 11 is 0. The molecule has 0 spiro atoms. The topological polar surface area (TPSA) is 128 Å². The molecule has 122 valence electrons. The van der Waals surface area contributed by atoms with Gasteiger partial charge in [0.1, 0.15) is 0 Å². The van der Waals surface area contributed by atoms with Crippen molar-refractivity contribution < 1.29 is 9.72 Å². The van der Waals surface area contributed by atoms with Crippen molar-refractivity contribution in [3.63, 3.8) is 0 Å². The van der Waals surface area contributed by atoms with Crippen LogP contribution in [0.4, 0.5) is 22.1 Å². The zero-order valence-corrected chi connectivity index (χ0v) is 12.5. The molecular weight excluding hydrogens is 312 g/mol. The van der Waals surface area contributed by atoms with Crippen LogP contribution in [0.2, 0.25) is 0 Å². The molecular formula is C15H14N6O3. The Balaban J connectivity index is 1.79. The highest BCUT2D eigenvalue weighted by molar-refractivity contribution is 5.87. The van der Waals surface area contributed by atoms with Gasteiger partial charge in [0.2, 0.25) is 11.5 Å². The fraction of sp³-hybridized carbons (Fsp3) is 0.0667. The largest absolute Gasteiger partial charge is 0.372 e. The number of pyridine rings is 1. The monoisotopic (exact) mass is 326 g/mol. The lowest BCUT2D eigenvalue weighted by molar-refractivity contribution is -0.389. The van der Waals surface area contributed by atoms with Gasteiger partial charge >= 0.3 is 11.8 Å². The van der Waals surface area contributed by atoms with Crippen molar-refractivity contribution in [2.75, 3.05) is 10.6 Å². The standard InChI is InChI=1S/C15H14N6O3/c16-15(22)18-11-6-4-10(5-7-11)9-17-13-14(21(23)24)20-8-2-1-3-12(20)19-13/h1-8,17H,9H2,(H3,16,18,22). The number of carbonyl (C=O) groups excluding carboxylic acids is 1. The van der Waals surface area contributed by atoms with Gasteiger partial charge in [-0.25, -0.2) is 4.79 Å². The normalized spacial score (nSPS) is 10.5. The number of imidazole rings is 1. The van der Waals surface area contributed by atoms with Crippen molar-refractivity contribution in [2.24, 2.45) is 5.73 Å². The molecule has 24 heavy (non-hydrogen) atoms. The van der Waals surface area contributed by atoms with E-state index < -0.39 is 11.0 Å². The fourth-order valence-electron chi connectivity index (χ4n) is 2.31. The average Bonchev–Trinajstić information content (AvgIpc) is 2.92. The number of carbonyl (C=O) groups is 1. The maximum atomic E-state index is 11.3. The van der Waals surface area contributed by atoms with Crippen molar-refractivity contribution in [2.45, 2.75) is 6.54 Å². The summed E-state index contributed by atoms with van der Waals surface area (Å²) in [4.78, 5) is 25.9. The number of nitrogens with zero attached hydrogens (tertiary/aromatic N) is 3. The lowest BCUT2D eigenvalue weighted by Gasteiger charge is -2.06. The summed E-state index contributed by atoms with van der Waals surface area (Å²) in [6, 6.07) is 11.5. The van der Waals surface area contributed by atoms with Gasteiger partial charge in [-0.2, -0.15) is 9.38 Å². The van der Waals surface area contributed by atoms with Crippen LogP contribution in [-0.2, 0) is 6.54 Å². The summed E-state index contributed by atoms with van der Waals surface area (Å²) in [5.74, 6) is 0.0863. The number of nitrogens with one attached hydrogen (secondary N) is 2. The maximum Gasteiger partial charge on any atom is 0.372 e. The van der Waals surface area contributed by atoms with Crippen molar-refractivity contribution in [3.05, 3.63) is 64.3 Å². The molecule has 0 radical (unpaired) electrons. The zero-order chi connectivity index (χ0) is 17.1. The molecule has 3 aromatic rings. The van der Waals surface area contributed by atoms with Crippen molar-refractivity contribution in [1.82, 2.24) is 9.38 Å². The van der Waals surface area contributed by atoms with Gasteiger partial charge in [0.05, 0.1) is 6.20 Å². The number of fused-ring (bicyclic) bond motifs is 1. The first-order valence-corrected chi connectivity index (χ1v) is 7.05. The molecule has 0 saturated heterocycles. The second-order valence-corrected chi connectivity index (χ2v) is 5.01. The molecule has 9 heteroatoms. The predicted octanol–water partition coefficient (Wildman–Crippen LogP) is 2.35. The van der Waals surface area contributed by atoms with Gasteiger partial charge in [-0.15, -0.1) is 0 Å². The van der Waals surface area contributed by atoms with Crippen LogP contribution < -0.4 is 16.4 Å². The van der Waals surface area contributed by atoms with E-state index in [9.17, 15) is 14.9 Å². The number of hydrogen-bond donors (Lipinski definition) is 3. The van der Waals surface area contributed by atoms with E-state index in [1.54, 1.807) is 48.7 Å². The lowest BCUT2D eigenvalue weighted by Crippen LogP contribution is -2.19. The summed E-state index contributed by atoms with van der Waals surface area (Å²) in [5.41, 5.74) is 6.98. The van der Waals surface area contributed by atoms with Gasteiger partial charge in [0.15, 0.2) is 0 Å². The van der Waals surface area contributed by atoms with Crippen LogP contribution in [0.15, 0.2) is 48.7 Å². The van der Waals surface area contributed by atoms with E-state index in [2.05, 4.69) is 15.6 Å². The number of nitro groups is 1. The van der Waals surface area contributed by atoms with Gasteiger partial charge in [-0.1, -0.05) is 18.2 Å². The Labute approximate surface area is 136 Å². The number of primary amides is 1. The van der Waals surface area contributed by atoms with Crippen LogP contribution in [0.5, 0.6) is 0 Å². The van der Waals surface area contributed by atoms with E-state index in [4.69, 9.17) is 5.73 Å². The third kappa shape index (κ3) is 3.09. The third-order valence-corrected chi connectivity index (χ3v) is 3.36. The second-order valence-electron chi connectivity index (χ2n) is 5.01. The third-order valence-electron chi connectivity index (χ3n) is 3.36. The van der Waals surface area contributed by atoms with Gasteiger partial charge in [-0.3, -0.25) is 0 Å². The number of benzene rings is 1. The Hall–Kier alpha value is -3.62. The molecule has 0 aliphatic heterocycles. The van der Waals surface area contributed by atoms with Crippen LogP contribution in [-0.4, -0.2) is 20.3 Å². The van der Waals surface area contributed by atoms with Crippen LogP contribution >= 0.6 is 0 Å². The fourth-order valence-corrected chi connectivity index (χ4v) is 2.31. The first-order valence-electron chi connectivity index (χ1n) is 7.05. The highest BCUT2D eigenvalue weighted by Gasteiger charge is 2.21. The number of nitrogens with two attached hydrogens (primary N) is 1. The lowest BCUT2D eigenvalue weighted by atomic mass is 10.2. The Bertz CT molecular complexity index is 903. The zero-order valence-electron chi connectivity index (χ0n) is 12.5. The quantitative estimate of drug-likeness (QED) is 0.490. The van der Waals surface area contributed by atoms with Gasteiger partial charge in [-0.05, 0) is 28.7 Å². The number of amides is 2. The highest BCUT2D eigenvalue weighted by atomic mass is 16.6. The summed E-state index contributed by atoms with van der Waals surface area (Å²) in [5, 5.41) is 16.7. The van der Waals surface area contributed by atoms with Crippen LogP contribution in [0, 0.1) is 10.1 Å². The molecule has 0 bridgehead atoms. The SMILES string of the molecule is NC(=O)Nc1ccc(CNc2nc3ccccn3c2[N+](=O)[O-])cc1. The minimum atomic E-state index is -0.638. The molecule has 2 aromatic heterocycles. The average molecular weight is 326 g/mol. The van der Waals surface area contributed by atoms with Crippen LogP contribution in [0.1, 0.15) is 5.56 Å². The summed E-state index contributed by atoms with van der Waals surface area (Å²) in [6.45, 7) is 0.349. The molecule has 0 atom stereocenters. The highest BCUT2D eigenvalue weighted by Crippen LogP contribution is 2.25. The van der Waals surface area contributed by atoms with E-state index in [1.165, 1.54) is 4.40 Å². The molecule has 3 rings (SSSR count). The number of rotatable bonds is 5. The van der Waals surface area contributed by atoms with E-state index >= 15 is 0 Å². The molecule has 4 N–H and O–H groups in total. The van der Waals surface area contributed by atoms with Gasteiger partial charge in [0, 0.05) is 18.3 Å². The maximum absolute atomic E-state index is 11.3.